The molecule has 2 rings (SSSR count). The lowest BCUT2D eigenvalue weighted by Crippen LogP contribution is -2.43. The SMILES string of the molecule is O=C(NCC1(O)CCOC1)c1ccc(Cl)c(Cl)c1. The Kier molecular flexibility index (Phi) is 4.12. The molecule has 1 aliphatic rings. The van der Waals surface area contributed by atoms with Crippen molar-refractivity contribution < 1.29 is 14.6 Å². The van der Waals surface area contributed by atoms with Crippen molar-refractivity contribution in [3.05, 3.63) is 33.8 Å². The average molecular weight is 290 g/mol. The zero-order valence-electron chi connectivity index (χ0n) is 9.58. The van der Waals surface area contributed by atoms with Gasteiger partial charge in [0.1, 0.15) is 5.60 Å². The summed E-state index contributed by atoms with van der Waals surface area (Å²) in [5, 5.41) is 13.4. The van der Waals surface area contributed by atoms with Gasteiger partial charge in [-0.05, 0) is 18.2 Å². The molecule has 6 heteroatoms. The van der Waals surface area contributed by atoms with Crippen LogP contribution in [-0.4, -0.2) is 36.4 Å². The molecule has 2 N–H and O–H groups in total. The van der Waals surface area contributed by atoms with E-state index in [1.165, 1.54) is 6.07 Å². The first-order valence-electron chi connectivity index (χ1n) is 5.54. The molecule has 1 aliphatic heterocycles. The van der Waals surface area contributed by atoms with Gasteiger partial charge in [0, 0.05) is 25.1 Å². The number of benzene rings is 1. The van der Waals surface area contributed by atoms with Gasteiger partial charge in [0.15, 0.2) is 0 Å². The number of carbonyl (C=O) groups is 1. The minimum Gasteiger partial charge on any atom is -0.386 e. The Labute approximate surface area is 115 Å². The summed E-state index contributed by atoms with van der Waals surface area (Å²) in [5.41, 5.74) is -0.557. The molecule has 98 valence electrons. The highest BCUT2D eigenvalue weighted by Crippen LogP contribution is 2.23. The Bertz CT molecular complexity index is 459. The summed E-state index contributed by atoms with van der Waals surface area (Å²) in [7, 11) is 0. The van der Waals surface area contributed by atoms with Gasteiger partial charge in [-0.15, -0.1) is 0 Å². The molecule has 1 aromatic carbocycles. The van der Waals surface area contributed by atoms with Crippen molar-refractivity contribution >= 4 is 29.1 Å². The van der Waals surface area contributed by atoms with E-state index in [1.807, 2.05) is 0 Å². The van der Waals surface area contributed by atoms with E-state index >= 15 is 0 Å². The van der Waals surface area contributed by atoms with Crippen molar-refractivity contribution in [2.75, 3.05) is 19.8 Å². The molecule has 1 unspecified atom stereocenters. The molecular weight excluding hydrogens is 277 g/mol. The number of rotatable bonds is 3. The second-order valence-electron chi connectivity index (χ2n) is 4.34. The number of aliphatic hydroxyl groups is 1. The molecule has 0 bridgehead atoms. The fourth-order valence-corrected chi connectivity index (χ4v) is 2.02. The predicted molar refractivity (Wildman–Crippen MR) is 69.2 cm³/mol. The van der Waals surface area contributed by atoms with Crippen LogP contribution in [0.15, 0.2) is 18.2 Å². The minimum absolute atomic E-state index is 0.159. The number of hydrogen-bond donors (Lipinski definition) is 2. The molecular formula is C12H13Cl2NO3. The first-order chi connectivity index (χ1) is 8.50. The van der Waals surface area contributed by atoms with Crippen LogP contribution in [0.25, 0.3) is 0 Å². The first kappa shape index (κ1) is 13.6. The van der Waals surface area contributed by atoms with Crippen molar-refractivity contribution in [2.45, 2.75) is 12.0 Å². The second kappa shape index (κ2) is 5.45. The summed E-state index contributed by atoms with van der Waals surface area (Å²) in [6.07, 6.45) is 0.522. The first-order valence-corrected chi connectivity index (χ1v) is 6.29. The normalized spacial score (nSPS) is 23.1. The van der Waals surface area contributed by atoms with Gasteiger partial charge in [0.05, 0.1) is 16.7 Å². The van der Waals surface area contributed by atoms with Crippen LogP contribution >= 0.6 is 23.2 Å². The zero-order chi connectivity index (χ0) is 13.2. The molecule has 0 spiro atoms. The van der Waals surface area contributed by atoms with Crippen molar-refractivity contribution in [3.8, 4) is 0 Å². The number of hydrogen-bond acceptors (Lipinski definition) is 3. The van der Waals surface area contributed by atoms with E-state index < -0.39 is 5.60 Å². The Hall–Kier alpha value is -0.810. The number of halogens is 2. The molecule has 1 saturated heterocycles. The fraction of sp³-hybridized carbons (Fsp3) is 0.417. The Morgan fingerprint density at radius 1 is 1.44 bits per heavy atom. The lowest BCUT2D eigenvalue weighted by molar-refractivity contribution is 0.0264. The van der Waals surface area contributed by atoms with E-state index in [2.05, 4.69) is 5.32 Å². The highest BCUT2D eigenvalue weighted by molar-refractivity contribution is 6.42. The van der Waals surface area contributed by atoms with Crippen molar-refractivity contribution in [3.63, 3.8) is 0 Å². The van der Waals surface area contributed by atoms with Crippen LogP contribution in [0.3, 0.4) is 0 Å². The second-order valence-corrected chi connectivity index (χ2v) is 5.15. The third kappa shape index (κ3) is 3.14. The molecule has 1 aromatic rings. The monoisotopic (exact) mass is 289 g/mol. The fourth-order valence-electron chi connectivity index (χ4n) is 1.72. The number of ether oxygens (including phenoxy) is 1. The van der Waals surface area contributed by atoms with Crippen LogP contribution in [0, 0.1) is 0 Å². The largest absolute Gasteiger partial charge is 0.386 e. The maximum Gasteiger partial charge on any atom is 0.251 e. The van der Waals surface area contributed by atoms with Gasteiger partial charge in [-0.2, -0.15) is 0 Å². The molecule has 1 amide bonds. The van der Waals surface area contributed by atoms with Crippen molar-refractivity contribution in [2.24, 2.45) is 0 Å². The van der Waals surface area contributed by atoms with Crippen molar-refractivity contribution in [1.29, 1.82) is 0 Å². The molecule has 18 heavy (non-hydrogen) atoms. The lowest BCUT2D eigenvalue weighted by Gasteiger charge is -2.20. The van der Waals surface area contributed by atoms with Crippen LogP contribution in [0.5, 0.6) is 0 Å². The molecule has 4 nitrogen and oxygen atoms in total. The summed E-state index contributed by atoms with van der Waals surface area (Å²) in [6, 6.07) is 4.64. The third-order valence-corrected chi connectivity index (χ3v) is 3.58. The lowest BCUT2D eigenvalue weighted by atomic mass is 10.0. The summed E-state index contributed by atoms with van der Waals surface area (Å²) in [4.78, 5) is 11.8. The van der Waals surface area contributed by atoms with E-state index in [-0.39, 0.29) is 19.1 Å². The van der Waals surface area contributed by atoms with E-state index in [4.69, 9.17) is 27.9 Å². The van der Waals surface area contributed by atoms with E-state index in [0.717, 1.165) is 0 Å². The topological polar surface area (TPSA) is 58.6 Å². The summed E-state index contributed by atoms with van der Waals surface area (Å²) in [6.45, 7) is 0.917. The van der Waals surface area contributed by atoms with Crippen LogP contribution in [0.2, 0.25) is 10.0 Å². The van der Waals surface area contributed by atoms with Gasteiger partial charge in [-0.1, -0.05) is 23.2 Å². The number of carbonyl (C=O) groups excluding carboxylic acids is 1. The molecule has 0 saturated carbocycles. The van der Waals surface area contributed by atoms with Gasteiger partial charge in [0.2, 0.25) is 0 Å². The Morgan fingerprint density at radius 2 is 2.22 bits per heavy atom. The summed E-state index contributed by atoms with van der Waals surface area (Å²) < 4.78 is 5.09. The predicted octanol–water partition coefficient (Wildman–Crippen LogP) is 1.87. The summed E-state index contributed by atoms with van der Waals surface area (Å²) in [5.74, 6) is -0.297. The highest BCUT2D eigenvalue weighted by Gasteiger charge is 2.32. The average Bonchev–Trinajstić information content (AvgIpc) is 2.77. The maximum atomic E-state index is 11.8. The molecule has 0 aromatic heterocycles. The summed E-state index contributed by atoms with van der Waals surface area (Å²) >= 11 is 11.6. The van der Waals surface area contributed by atoms with Crippen LogP contribution in [0.1, 0.15) is 16.8 Å². The van der Waals surface area contributed by atoms with Gasteiger partial charge in [-0.25, -0.2) is 0 Å². The van der Waals surface area contributed by atoms with E-state index in [1.54, 1.807) is 12.1 Å². The van der Waals surface area contributed by atoms with Crippen LogP contribution < -0.4 is 5.32 Å². The Balaban J connectivity index is 1.97. The van der Waals surface area contributed by atoms with Gasteiger partial charge in [-0.3, -0.25) is 4.79 Å². The van der Waals surface area contributed by atoms with Crippen LogP contribution in [-0.2, 0) is 4.74 Å². The van der Waals surface area contributed by atoms with Gasteiger partial charge >= 0.3 is 0 Å². The number of nitrogens with one attached hydrogen (secondary N) is 1. The van der Waals surface area contributed by atoms with E-state index in [0.29, 0.717) is 28.6 Å². The molecule has 1 heterocycles. The molecule has 0 aliphatic carbocycles. The standard InChI is InChI=1S/C12H13Cl2NO3/c13-9-2-1-8(5-10(9)14)11(16)15-6-12(17)3-4-18-7-12/h1-2,5,17H,3-4,6-7H2,(H,15,16). The minimum atomic E-state index is -0.966. The van der Waals surface area contributed by atoms with E-state index in [9.17, 15) is 9.90 Å². The molecule has 1 atom stereocenters. The third-order valence-electron chi connectivity index (χ3n) is 2.84. The smallest absolute Gasteiger partial charge is 0.251 e. The highest BCUT2D eigenvalue weighted by atomic mass is 35.5. The zero-order valence-corrected chi connectivity index (χ0v) is 11.1. The molecule has 0 radical (unpaired) electrons. The van der Waals surface area contributed by atoms with Crippen LogP contribution in [0.4, 0.5) is 0 Å². The maximum absolute atomic E-state index is 11.8. The Morgan fingerprint density at radius 3 is 2.83 bits per heavy atom. The molecule has 1 fully saturated rings. The number of amides is 1. The quantitative estimate of drug-likeness (QED) is 0.893. The van der Waals surface area contributed by atoms with Gasteiger partial charge < -0.3 is 15.2 Å². The van der Waals surface area contributed by atoms with Gasteiger partial charge in [0.25, 0.3) is 5.91 Å². The van der Waals surface area contributed by atoms with Crippen molar-refractivity contribution in [1.82, 2.24) is 5.32 Å².